The predicted molar refractivity (Wildman–Crippen MR) is 110 cm³/mol. The topological polar surface area (TPSA) is 58.9 Å². The maximum atomic E-state index is 15.0. The lowest BCUT2D eigenvalue weighted by atomic mass is 10.0. The van der Waals surface area contributed by atoms with Crippen LogP contribution in [0.1, 0.15) is 21.6 Å². The molecule has 1 unspecified atom stereocenters. The Bertz CT molecular complexity index is 1180. The van der Waals surface area contributed by atoms with Gasteiger partial charge in [-0.1, -0.05) is 0 Å². The number of carbonyl (C=O) groups excluding carboxylic acids is 1. The van der Waals surface area contributed by atoms with Gasteiger partial charge in [0, 0.05) is 38.3 Å². The van der Waals surface area contributed by atoms with E-state index < -0.39 is 34.8 Å². The van der Waals surface area contributed by atoms with Crippen molar-refractivity contribution in [2.24, 2.45) is 0 Å². The van der Waals surface area contributed by atoms with Gasteiger partial charge in [-0.3, -0.25) is 4.79 Å². The van der Waals surface area contributed by atoms with Gasteiger partial charge in [-0.25, -0.2) is 13.8 Å². The highest BCUT2D eigenvalue weighted by Crippen LogP contribution is 2.34. The van der Waals surface area contributed by atoms with E-state index in [0.717, 1.165) is 30.8 Å². The summed E-state index contributed by atoms with van der Waals surface area (Å²) >= 11 is 0. The number of nitrogens with zero attached hydrogens (tertiary/aromatic N) is 3. The Balaban J connectivity index is 1.88. The van der Waals surface area contributed by atoms with E-state index in [4.69, 9.17) is 4.74 Å². The van der Waals surface area contributed by atoms with Crippen LogP contribution in [0.3, 0.4) is 0 Å². The van der Waals surface area contributed by atoms with Crippen LogP contribution in [0, 0.1) is 11.6 Å². The van der Waals surface area contributed by atoms with Gasteiger partial charge in [0.05, 0.1) is 35.2 Å². The van der Waals surface area contributed by atoms with Crippen molar-refractivity contribution in [1.29, 1.82) is 0 Å². The molecule has 0 radical (unpaired) electrons. The van der Waals surface area contributed by atoms with Crippen LogP contribution >= 0.6 is 0 Å². The predicted octanol–water partition coefficient (Wildman–Crippen LogP) is 3.53. The standard InChI is InChI=1S/C22H21F5N4O2/c1-28-21(32)12-7-15(23)19(16(24)8-12)20-17(10-14-11-30(2)5-6-33-14)31-4-3-13(22(25,26)27)9-18(31)29-20/h3-4,7-9,14H,5-6,10-11H2,1-2H3,(H,28,32). The Morgan fingerprint density at radius 1 is 1.24 bits per heavy atom. The number of carbonyl (C=O) groups is 1. The van der Waals surface area contributed by atoms with Crippen LogP contribution in [-0.2, 0) is 17.3 Å². The first-order valence-electron chi connectivity index (χ1n) is 10.2. The maximum Gasteiger partial charge on any atom is 0.416 e. The van der Waals surface area contributed by atoms with Crippen LogP contribution in [0.15, 0.2) is 30.5 Å². The summed E-state index contributed by atoms with van der Waals surface area (Å²) in [5.41, 5.74) is -1.60. The van der Waals surface area contributed by atoms with Crippen LogP contribution in [0.5, 0.6) is 0 Å². The molecule has 0 aliphatic carbocycles. The normalized spacial score (nSPS) is 17.5. The van der Waals surface area contributed by atoms with Crippen molar-refractivity contribution in [1.82, 2.24) is 19.6 Å². The van der Waals surface area contributed by atoms with E-state index in [9.17, 15) is 18.0 Å². The average Bonchev–Trinajstić information content (AvgIpc) is 3.09. The molecule has 3 heterocycles. The molecule has 0 bridgehead atoms. The molecule has 3 aromatic rings. The summed E-state index contributed by atoms with van der Waals surface area (Å²) in [5.74, 6) is -2.77. The quantitative estimate of drug-likeness (QED) is 0.596. The number of pyridine rings is 1. The molecular formula is C22H21F5N4O2. The van der Waals surface area contributed by atoms with Gasteiger partial charge < -0.3 is 19.4 Å². The van der Waals surface area contributed by atoms with E-state index in [-0.39, 0.29) is 29.4 Å². The molecule has 2 aromatic heterocycles. The zero-order valence-corrected chi connectivity index (χ0v) is 17.8. The number of hydrogen-bond donors (Lipinski definition) is 1. The van der Waals surface area contributed by atoms with Crippen molar-refractivity contribution in [2.75, 3.05) is 33.8 Å². The van der Waals surface area contributed by atoms with Crippen LogP contribution in [0.2, 0.25) is 0 Å². The number of alkyl halides is 3. The summed E-state index contributed by atoms with van der Waals surface area (Å²) in [5, 5.41) is 2.29. The second-order valence-electron chi connectivity index (χ2n) is 7.90. The van der Waals surface area contributed by atoms with Gasteiger partial charge in [0.25, 0.3) is 5.91 Å². The number of aromatic nitrogens is 2. The summed E-state index contributed by atoms with van der Waals surface area (Å²) in [6, 6.07) is 3.46. The molecule has 6 nitrogen and oxygen atoms in total. The number of morpholine rings is 1. The maximum absolute atomic E-state index is 15.0. The summed E-state index contributed by atoms with van der Waals surface area (Å²) in [7, 11) is 3.23. The van der Waals surface area contributed by atoms with E-state index in [2.05, 4.69) is 10.3 Å². The first-order chi connectivity index (χ1) is 15.6. The lowest BCUT2D eigenvalue weighted by molar-refractivity contribution is -0.137. The molecule has 1 aliphatic rings. The molecule has 11 heteroatoms. The van der Waals surface area contributed by atoms with E-state index in [1.165, 1.54) is 17.6 Å². The molecule has 1 saturated heterocycles. The van der Waals surface area contributed by atoms with Crippen LogP contribution < -0.4 is 5.32 Å². The van der Waals surface area contributed by atoms with Gasteiger partial charge in [0.2, 0.25) is 0 Å². The van der Waals surface area contributed by atoms with Crippen molar-refractivity contribution in [3.05, 3.63) is 58.9 Å². The second kappa shape index (κ2) is 8.71. The van der Waals surface area contributed by atoms with E-state index in [1.807, 2.05) is 11.9 Å². The smallest absolute Gasteiger partial charge is 0.375 e. The van der Waals surface area contributed by atoms with Gasteiger partial charge in [-0.05, 0) is 31.3 Å². The SMILES string of the molecule is CNC(=O)c1cc(F)c(-c2nc3cc(C(F)(F)F)ccn3c2CC2CN(C)CCO2)c(F)c1. The second-order valence-corrected chi connectivity index (χ2v) is 7.90. The zero-order valence-electron chi connectivity index (χ0n) is 17.8. The minimum absolute atomic E-state index is 0.104. The van der Waals surface area contributed by atoms with Gasteiger partial charge in [-0.2, -0.15) is 13.2 Å². The van der Waals surface area contributed by atoms with Crippen LogP contribution in [0.4, 0.5) is 22.0 Å². The zero-order chi connectivity index (χ0) is 23.9. The van der Waals surface area contributed by atoms with E-state index in [0.29, 0.717) is 18.8 Å². The number of amides is 1. The Morgan fingerprint density at radius 2 is 1.94 bits per heavy atom. The number of imidazole rings is 1. The summed E-state index contributed by atoms with van der Waals surface area (Å²) in [6.45, 7) is 1.71. The molecule has 0 saturated carbocycles. The molecule has 4 rings (SSSR count). The third-order valence-corrected chi connectivity index (χ3v) is 5.58. The van der Waals surface area contributed by atoms with Gasteiger partial charge >= 0.3 is 6.18 Å². The summed E-state index contributed by atoms with van der Waals surface area (Å²) in [4.78, 5) is 18.0. The number of fused-ring (bicyclic) bond motifs is 1. The fourth-order valence-corrected chi connectivity index (χ4v) is 3.95. The number of halogens is 5. The minimum Gasteiger partial charge on any atom is -0.375 e. The highest BCUT2D eigenvalue weighted by molar-refractivity contribution is 5.94. The molecule has 1 N–H and O–H groups in total. The highest BCUT2D eigenvalue weighted by Gasteiger charge is 2.32. The molecule has 33 heavy (non-hydrogen) atoms. The number of nitrogens with one attached hydrogen (secondary N) is 1. The number of rotatable bonds is 4. The molecular weight excluding hydrogens is 447 g/mol. The number of hydrogen-bond acceptors (Lipinski definition) is 4. The average molecular weight is 468 g/mol. The van der Waals surface area contributed by atoms with E-state index in [1.54, 1.807) is 0 Å². The lowest BCUT2D eigenvalue weighted by Gasteiger charge is -2.30. The molecule has 1 fully saturated rings. The number of likely N-dealkylation sites (N-methyl/N-ethyl adjacent to an activating group) is 1. The molecule has 1 aliphatic heterocycles. The van der Waals surface area contributed by atoms with Crippen molar-refractivity contribution >= 4 is 11.6 Å². The van der Waals surface area contributed by atoms with Crippen molar-refractivity contribution < 1.29 is 31.5 Å². The van der Waals surface area contributed by atoms with E-state index >= 15 is 8.78 Å². The fourth-order valence-electron chi connectivity index (χ4n) is 3.95. The molecule has 1 aromatic carbocycles. The van der Waals surface area contributed by atoms with Crippen molar-refractivity contribution in [3.63, 3.8) is 0 Å². The summed E-state index contributed by atoms with van der Waals surface area (Å²) < 4.78 is 76.9. The minimum atomic E-state index is -4.60. The van der Waals surface area contributed by atoms with Gasteiger partial charge in [-0.15, -0.1) is 0 Å². The first-order valence-corrected chi connectivity index (χ1v) is 10.2. The largest absolute Gasteiger partial charge is 0.416 e. The third kappa shape index (κ3) is 4.55. The fraction of sp³-hybridized carbons (Fsp3) is 0.364. The number of ether oxygens (including phenoxy) is 1. The third-order valence-electron chi connectivity index (χ3n) is 5.58. The highest BCUT2D eigenvalue weighted by atomic mass is 19.4. The van der Waals surface area contributed by atoms with Gasteiger partial charge in [0.1, 0.15) is 17.3 Å². The van der Waals surface area contributed by atoms with Crippen molar-refractivity contribution in [3.8, 4) is 11.3 Å². The molecule has 0 spiro atoms. The monoisotopic (exact) mass is 468 g/mol. The Morgan fingerprint density at radius 3 is 2.55 bits per heavy atom. The van der Waals surface area contributed by atoms with Crippen LogP contribution in [0.25, 0.3) is 16.9 Å². The van der Waals surface area contributed by atoms with Crippen molar-refractivity contribution in [2.45, 2.75) is 18.7 Å². The first kappa shape index (κ1) is 23.1. The Labute approximate surface area is 186 Å². The molecule has 176 valence electrons. The van der Waals surface area contributed by atoms with Crippen LogP contribution in [-0.4, -0.2) is 60.1 Å². The number of benzene rings is 1. The summed E-state index contributed by atoms with van der Waals surface area (Å²) in [6.07, 6.45) is -3.59. The van der Waals surface area contributed by atoms with Gasteiger partial charge in [0.15, 0.2) is 0 Å². The molecule has 1 atom stereocenters. The Hall–Kier alpha value is -3.05. The Kier molecular flexibility index (Phi) is 6.10. The molecule has 1 amide bonds. The lowest BCUT2D eigenvalue weighted by Crippen LogP contribution is -2.41.